The van der Waals surface area contributed by atoms with Crippen molar-refractivity contribution in [3.8, 4) is 0 Å². The van der Waals surface area contributed by atoms with Crippen molar-refractivity contribution in [2.24, 2.45) is 5.92 Å². The first-order valence-electron chi connectivity index (χ1n) is 8.46. The molecule has 1 N–H and O–H groups in total. The van der Waals surface area contributed by atoms with E-state index < -0.39 is 0 Å². The molecule has 0 atom stereocenters. The number of aryl methyl sites for hydroxylation is 1. The van der Waals surface area contributed by atoms with Gasteiger partial charge in [-0.25, -0.2) is 0 Å². The van der Waals surface area contributed by atoms with Gasteiger partial charge in [0, 0.05) is 35.3 Å². The zero-order valence-electron chi connectivity index (χ0n) is 14.2. The molecule has 0 saturated carbocycles. The number of benzene rings is 2. The van der Waals surface area contributed by atoms with Crippen LogP contribution in [0, 0.1) is 12.8 Å². The summed E-state index contributed by atoms with van der Waals surface area (Å²) in [6.45, 7) is 3.12. The Morgan fingerprint density at radius 2 is 1.76 bits per heavy atom. The molecule has 1 aliphatic rings. The molecule has 1 aliphatic heterocycles. The fourth-order valence-electron chi connectivity index (χ4n) is 3.11. The maximum absolute atomic E-state index is 12.5. The second-order valence-electron chi connectivity index (χ2n) is 6.38. The average Bonchev–Trinajstić information content (AvgIpc) is 2.64. The summed E-state index contributed by atoms with van der Waals surface area (Å²) < 4.78 is 0. The molecular weight excluding hydrogens is 336 g/mol. The minimum atomic E-state index is -0.0742. The van der Waals surface area contributed by atoms with Crippen LogP contribution in [0.2, 0.25) is 5.02 Å². The van der Waals surface area contributed by atoms with Crippen molar-refractivity contribution in [1.29, 1.82) is 0 Å². The molecule has 2 aromatic rings. The number of anilines is 1. The van der Waals surface area contributed by atoms with E-state index in [4.69, 9.17) is 11.6 Å². The third-order valence-electron chi connectivity index (χ3n) is 4.62. The highest BCUT2D eigenvalue weighted by atomic mass is 35.5. The van der Waals surface area contributed by atoms with Crippen molar-refractivity contribution in [3.05, 3.63) is 64.7 Å². The van der Waals surface area contributed by atoms with Crippen molar-refractivity contribution < 1.29 is 9.59 Å². The van der Waals surface area contributed by atoms with Gasteiger partial charge in [-0.05, 0) is 55.7 Å². The van der Waals surface area contributed by atoms with E-state index in [-0.39, 0.29) is 17.7 Å². The van der Waals surface area contributed by atoms with Crippen molar-refractivity contribution in [3.63, 3.8) is 0 Å². The highest BCUT2D eigenvalue weighted by Crippen LogP contribution is 2.24. The molecule has 2 aromatic carbocycles. The molecule has 0 radical (unpaired) electrons. The van der Waals surface area contributed by atoms with Crippen LogP contribution in [0.3, 0.4) is 0 Å². The molecule has 3 rings (SSSR count). The van der Waals surface area contributed by atoms with E-state index in [9.17, 15) is 9.59 Å². The van der Waals surface area contributed by atoms with Crippen LogP contribution >= 0.6 is 11.6 Å². The van der Waals surface area contributed by atoms with Gasteiger partial charge in [0.25, 0.3) is 5.91 Å². The second-order valence-corrected chi connectivity index (χ2v) is 6.82. The maximum Gasteiger partial charge on any atom is 0.253 e. The van der Waals surface area contributed by atoms with Gasteiger partial charge in [0.2, 0.25) is 5.91 Å². The van der Waals surface area contributed by atoms with Crippen molar-refractivity contribution in [1.82, 2.24) is 4.90 Å². The minimum Gasteiger partial charge on any atom is -0.339 e. The van der Waals surface area contributed by atoms with Crippen molar-refractivity contribution >= 4 is 29.1 Å². The zero-order valence-corrected chi connectivity index (χ0v) is 14.9. The number of rotatable bonds is 3. The number of amides is 2. The van der Waals surface area contributed by atoms with E-state index in [1.807, 2.05) is 54.3 Å². The van der Waals surface area contributed by atoms with Crippen LogP contribution in [-0.4, -0.2) is 29.8 Å². The quantitative estimate of drug-likeness (QED) is 0.898. The minimum absolute atomic E-state index is 0.0113. The molecule has 2 amide bonds. The van der Waals surface area contributed by atoms with E-state index in [0.29, 0.717) is 36.5 Å². The third kappa shape index (κ3) is 4.20. The third-order valence-corrected chi connectivity index (χ3v) is 4.86. The number of nitrogens with one attached hydrogen (secondary N) is 1. The Morgan fingerprint density at radius 3 is 2.40 bits per heavy atom. The van der Waals surface area contributed by atoms with Crippen LogP contribution in [0.15, 0.2) is 48.5 Å². The summed E-state index contributed by atoms with van der Waals surface area (Å²) in [6.07, 6.45) is 1.36. The molecule has 5 heteroatoms. The maximum atomic E-state index is 12.5. The first-order chi connectivity index (χ1) is 12.0. The number of piperidine rings is 1. The van der Waals surface area contributed by atoms with Gasteiger partial charge in [-0.15, -0.1) is 0 Å². The lowest BCUT2D eigenvalue weighted by molar-refractivity contribution is -0.121. The summed E-state index contributed by atoms with van der Waals surface area (Å²) >= 11 is 5.95. The number of hydrogen-bond acceptors (Lipinski definition) is 2. The van der Waals surface area contributed by atoms with Crippen LogP contribution < -0.4 is 5.32 Å². The van der Waals surface area contributed by atoms with E-state index in [0.717, 1.165) is 11.3 Å². The summed E-state index contributed by atoms with van der Waals surface area (Å²) in [5, 5.41) is 3.64. The first kappa shape index (κ1) is 17.5. The zero-order chi connectivity index (χ0) is 17.8. The van der Waals surface area contributed by atoms with Gasteiger partial charge in [-0.1, -0.05) is 29.8 Å². The molecule has 25 heavy (non-hydrogen) atoms. The first-order valence-corrected chi connectivity index (χ1v) is 8.84. The Balaban J connectivity index is 1.56. The topological polar surface area (TPSA) is 49.4 Å². The number of hydrogen-bond donors (Lipinski definition) is 1. The highest BCUT2D eigenvalue weighted by molar-refractivity contribution is 6.30. The molecular formula is C20H21ClN2O2. The molecule has 130 valence electrons. The lowest BCUT2D eigenvalue weighted by Crippen LogP contribution is -2.41. The Labute approximate surface area is 152 Å². The lowest BCUT2D eigenvalue weighted by atomic mass is 9.95. The number of carbonyl (C=O) groups is 2. The molecule has 0 aromatic heterocycles. The largest absolute Gasteiger partial charge is 0.339 e. The van der Waals surface area contributed by atoms with E-state index in [2.05, 4.69) is 5.32 Å². The fraction of sp³-hybridized carbons (Fsp3) is 0.300. The Bertz CT molecular complexity index is 769. The van der Waals surface area contributed by atoms with Gasteiger partial charge in [0.15, 0.2) is 0 Å². The van der Waals surface area contributed by atoms with E-state index >= 15 is 0 Å². The van der Waals surface area contributed by atoms with Gasteiger partial charge >= 0.3 is 0 Å². The molecule has 1 fully saturated rings. The summed E-state index contributed by atoms with van der Waals surface area (Å²) in [5.41, 5.74) is 2.43. The predicted molar refractivity (Wildman–Crippen MR) is 99.9 cm³/mol. The standard InChI is InChI=1S/C20H21ClN2O2/c1-14-13-17(21)7-8-18(14)22-19(24)15-9-11-23(12-10-15)20(25)16-5-3-2-4-6-16/h2-8,13,15H,9-12H2,1H3,(H,22,24). The van der Waals surface area contributed by atoms with Gasteiger partial charge in [0.1, 0.15) is 0 Å². The molecule has 0 spiro atoms. The summed E-state index contributed by atoms with van der Waals surface area (Å²) in [5.74, 6) is -0.0277. The second kappa shape index (κ2) is 7.70. The summed E-state index contributed by atoms with van der Waals surface area (Å²) in [7, 11) is 0. The van der Waals surface area contributed by atoms with Crippen molar-refractivity contribution in [2.45, 2.75) is 19.8 Å². The van der Waals surface area contributed by atoms with E-state index in [1.54, 1.807) is 6.07 Å². The molecule has 0 unspecified atom stereocenters. The lowest BCUT2D eigenvalue weighted by Gasteiger charge is -2.31. The average molecular weight is 357 g/mol. The number of likely N-dealkylation sites (tertiary alicyclic amines) is 1. The van der Waals surface area contributed by atoms with E-state index in [1.165, 1.54) is 0 Å². The summed E-state index contributed by atoms with van der Waals surface area (Å²) in [4.78, 5) is 26.8. The normalized spacial score (nSPS) is 15.0. The molecule has 1 heterocycles. The highest BCUT2D eigenvalue weighted by Gasteiger charge is 2.28. The van der Waals surface area contributed by atoms with Crippen LogP contribution in [-0.2, 0) is 4.79 Å². The molecule has 0 bridgehead atoms. The van der Waals surface area contributed by atoms with Crippen LogP contribution in [0.4, 0.5) is 5.69 Å². The SMILES string of the molecule is Cc1cc(Cl)ccc1NC(=O)C1CCN(C(=O)c2ccccc2)CC1. The number of halogens is 1. The number of carbonyl (C=O) groups excluding carboxylic acids is 2. The predicted octanol–water partition coefficient (Wildman–Crippen LogP) is 4.14. The van der Waals surface area contributed by atoms with Crippen molar-refractivity contribution in [2.75, 3.05) is 18.4 Å². The molecule has 1 saturated heterocycles. The Kier molecular flexibility index (Phi) is 5.39. The Hall–Kier alpha value is -2.33. The monoisotopic (exact) mass is 356 g/mol. The Morgan fingerprint density at radius 1 is 1.08 bits per heavy atom. The van der Waals surface area contributed by atoms with Gasteiger partial charge < -0.3 is 10.2 Å². The van der Waals surface area contributed by atoms with Crippen LogP contribution in [0.25, 0.3) is 0 Å². The smallest absolute Gasteiger partial charge is 0.253 e. The van der Waals surface area contributed by atoms with Gasteiger partial charge in [0.05, 0.1) is 0 Å². The molecule has 4 nitrogen and oxygen atoms in total. The fourth-order valence-corrected chi connectivity index (χ4v) is 3.34. The number of nitrogens with zero attached hydrogens (tertiary/aromatic N) is 1. The van der Waals surface area contributed by atoms with Crippen LogP contribution in [0.1, 0.15) is 28.8 Å². The van der Waals surface area contributed by atoms with Gasteiger partial charge in [-0.3, -0.25) is 9.59 Å². The summed E-state index contributed by atoms with van der Waals surface area (Å²) in [6, 6.07) is 14.7. The van der Waals surface area contributed by atoms with Gasteiger partial charge in [-0.2, -0.15) is 0 Å². The van der Waals surface area contributed by atoms with Crippen LogP contribution in [0.5, 0.6) is 0 Å². The molecule has 0 aliphatic carbocycles.